The van der Waals surface area contributed by atoms with E-state index >= 15 is 0 Å². The number of nitrogens with one attached hydrogen (secondary N) is 2. The predicted octanol–water partition coefficient (Wildman–Crippen LogP) is 5.24. The number of halogens is 2. The molecule has 1 aliphatic heterocycles. The smallest absolute Gasteiger partial charge is 0.245 e. The molecular formula is C24H25Cl2N5O2. The molecule has 0 spiro atoms. The van der Waals surface area contributed by atoms with Gasteiger partial charge in [0.2, 0.25) is 11.9 Å². The van der Waals surface area contributed by atoms with Crippen LogP contribution in [0.25, 0.3) is 22.0 Å². The summed E-state index contributed by atoms with van der Waals surface area (Å²) in [6, 6.07) is 7.81. The first-order chi connectivity index (χ1) is 15.9. The highest BCUT2D eigenvalue weighted by molar-refractivity contribution is 6.42. The van der Waals surface area contributed by atoms with Crippen molar-refractivity contribution in [2.75, 3.05) is 37.9 Å². The fourth-order valence-electron chi connectivity index (χ4n) is 4.01. The van der Waals surface area contributed by atoms with Crippen LogP contribution in [0.5, 0.6) is 5.75 Å². The van der Waals surface area contributed by atoms with Crippen LogP contribution in [-0.2, 0) is 4.79 Å². The van der Waals surface area contributed by atoms with Crippen molar-refractivity contribution in [1.29, 1.82) is 0 Å². The van der Waals surface area contributed by atoms with E-state index in [4.69, 9.17) is 27.9 Å². The van der Waals surface area contributed by atoms with E-state index in [0.29, 0.717) is 40.4 Å². The van der Waals surface area contributed by atoms with Gasteiger partial charge in [0.05, 0.1) is 28.4 Å². The van der Waals surface area contributed by atoms with Crippen molar-refractivity contribution in [3.8, 4) is 16.9 Å². The maximum absolute atomic E-state index is 11.8. The number of nitrogens with zero attached hydrogens (tertiary/aromatic N) is 3. The van der Waals surface area contributed by atoms with Crippen molar-refractivity contribution in [2.24, 2.45) is 0 Å². The van der Waals surface area contributed by atoms with Crippen molar-refractivity contribution in [1.82, 2.24) is 14.9 Å². The molecular weight excluding hydrogens is 461 g/mol. The van der Waals surface area contributed by atoms with Gasteiger partial charge in [0.1, 0.15) is 5.75 Å². The molecule has 2 aromatic carbocycles. The molecule has 1 saturated heterocycles. The third kappa shape index (κ3) is 4.70. The van der Waals surface area contributed by atoms with Gasteiger partial charge in [-0.05, 0) is 36.6 Å². The third-order valence-electron chi connectivity index (χ3n) is 5.84. The second-order valence-corrected chi connectivity index (χ2v) is 8.55. The standard InChI is InChI=1S/C24H25Cl2N5O2/c1-4-20(32)31-9-7-16(8-10-31)29-24-28-13-15-11-14(5-6-17(15)30-24)21-22(25)18(27-2)12-19(33-3)23(21)26/h4-6,11-13,16,27H,1,7-10H2,2-3H3,(H,28,29,30). The lowest BCUT2D eigenvalue weighted by atomic mass is 10.0. The maximum atomic E-state index is 11.8. The van der Waals surface area contributed by atoms with Crippen LogP contribution in [0.15, 0.2) is 43.1 Å². The highest BCUT2D eigenvalue weighted by Crippen LogP contribution is 2.45. The van der Waals surface area contributed by atoms with Crippen LogP contribution < -0.4 is 15.4 Å². The number of carbonyl (C=O) groups excluding carboxylic acids is 1. The molecule has 0 bridgehead atoms. The fraction of sp³-hybridized carbons (Fsp3) is 0.292. The molecule has 3 aromatic rings. The van der Waals surface area contributed by atoms with E-state index < -0.39 is 0 Å². The second-order valence-electron chi connectivity index (χ2n) is 7.79. The number of amides is 1. The molecule has 33 heavy (non-hydrogen) atoms. The highest BCUT2D eigenvalue weighted by atomic mass is 35.5. The molecule has 1 fully saturated rings. The zero-order chi connectivity index (χ0) is 23.5. The lowest BCUT2D eigenvalue weighted by molar-refractivity contribution is -0.126. The van der Waals surface area contributed by atoms with Crippen LogP contribution in [0.2, 0.25) is 10.0 Å². The van der Waals surface area contributed by atoms with Crippen molar-refractivity contribution in [3.63, 3.8) is 0 Å². The Morgan fingerprint density at radius 1 is 1.24 bits per heavy atom. The number of rotatable bonds is 6. The van der Waals surface area contributed by atoms with Crippen LogP contribution in [0.4, 0.5) is 11.6 Å². The summed E-state index contributed by atoms with van der Waals surface area (Å²) in [6.07, 6.45) is 4.81. The first kappa shape index (κ1) is 23.1. The van der Waals surface area contributed by atoms with Crippen molar-refractivity contribution in [2.45, 2.75) is 18.9 Å². The molecule has 0 unspecified atom stereocenters. The predicted molar refractivity (Wildman–Crippen MR) is 135 cm³/mol. The van der Waals surface area contributed by atoms with E-state index in [2.05, 4.69) is 27.2 Å². The number of carbonyl (C=O) groups is 1. The average Bonchev–Trinajstić information content (AvgIpc) is 2.84. The topological polar surface area (TPSA) is 79.4 Å². The molecule has 1 aromatic heterocycles. The van der Waals surface area contributed by atoms with Gasteiger partial charge in [0.25, 0.3) is 0 Å². The van der Waals surface area contributed by atoms with Gasteiger partial charge in [-0.15, -0.1) is 0 Å². The Kier molecular flexibility index (Phi) is 6.91. The Balaban J connectivity index is 1.57. The van der Waals surface area contributed by atoms with Crippen LogP contribution >= 0.6 is 23.2 Å². The molecule has 7 nitrogen and oxygen atoms in total. The number of likely N-dealkylation sites (tertiary alicyclic amines) is 1. The fourth-order valence-corrected chi connectivity index (χ4v) is 4.75. The Morgan fingerprint density at radius 2 is 2.00 bits per heavy atom. The molecule has 4 rings (SSSR count). The number of hydrogen-bond donors (Lipinski definition) is 2. The highest BCUT2D eigenvalue weighted by Gasteiger charge is 2.22. The summed E-state index contributed by atoms with van der Waals surface area (Å²) < 4.78 is 5.42. The quantitative estimate of drug-likeness (QED) is 0.464. The summed E-state index contributed by atoms with van der Waals surface area (Å²) in [5.41, 5.74) is 3.06. The molecule has 0 aliphatic carbocycles. The molecule has 0 atom stereocenters. The van der Waals surface area contributed by atoms with Crippen molar-refractivity contribution in [3.05, 3.63) is 53.2 Å². The van der Waals surface area contributed by atoms with Gasteiger partial charge in [-0.3, -0.25) is 4.79 Å². The van der Waals surface area contributed by atoms with Crippen molar-refractivity contribution < 1.29 is 9.53 Å². The van der Waals surface area contributed by atoms with E-state index in [-0.39, 0.29) is 11.9 Å². The van der Waals surface area contributed by atoms with Crippen LogP contribution in [0, 0.1) is 0 Å². The number of fused-ring (bicyclic) bond motifs is 1. The molecule has 9 heteroatoms. The minimum absolute atomic E-state index is 0.0238. The summed E-state index contributed by atoms with van der Waals surface area (Å²) in [4.78, 5) is 22.7. The van der Waals surface area contributed by atoms with Gasteiger partial charge in [-0.25, -0.2) is 9.97 Å². The molecule has 1 aliphatic rings. The zero-order valence-electron chi connectivity index (χ0n) is 18.5. The van der Waals surface area contributed by atoms with Crippen LogP contribution in [-0.4, -0.2) is 54.1 Å². The molecule has 1 amide bonds. The maximum Gasteiger partial charge on any atom is 0.245 e. The summed E-state index contributed by atoms with van der Waals surface area (Å²) in [5.74, 6) is 1.08. The van der Waals surface area contributed by atoms with E-state index in [1.807, 2.05) is 23.1 Å². The molecule has 0 radical (unpaired) electrons. The number of anilines is 2. The number of piperidine rings is 1. The Labute approximate surface area is 202 Å². The lowest BCUT2D eigenvalue weighted by Gasteiger charge is -2.31. The number of benzene rings is 2. The van der Waals surface area contributed by atoms with Gasteiger partial charge in [-0.2, -0.15) is 0 Å². The average molecular weight is 486 g/mol. The van der Waals surface area contributed by atoms with Gasteiger partial charge < -0.3 is 20.3 Å². The zero-order valence-corrected chi connectivity index (χ0v) is 20.0. The van der Waals surface area contributed by atoms with E-state index in [1.54, 1.807) is 26.4 Å². The van der Waals surface area contributed by atoms with Crippen molar-refractivity contribution >= 4 is 51.6 Å². The van der Waals surface area contributed by atoms with E-state index in [1.165, 1.54) is 6.08 Å². The first-order valence-corrected chi connectivity index (χ1v) is 11.4. The monoisotopic (exact) mass is 485 g/mol. The second kappa shape index (κ2) is 9.85. The number of ether oxygens (including phenoxy) is 1. The van der Waals surface area contributed by atoms with Crippen LogP contribution in [0.1, 0.15) is 12.8 Å². The minimum Gasteiger partial charge on any atom is -0.495 e. The number of methoxy groups -OCH3 is 1. The Hall–Kier alpha value is -3.03. The van der Waals surface area contributed by atoms with E-state index in [0.717, 1.165) is 35.0 Å². The first-order valence-electron chi connectivity index (χ1n) is 10.6. The minimum atomic E-state index is -0.0238. The van der Waals surface area contributed by atoms with Gasteiger partial charge >= 0.3 is 0 Å². The summed E-state index contributed by atoms with van der Waals surface area (Å²) in [7, 11) is 3.37. The summed E-state index contributed by atoms with van der Waals surface area (Å²) >= 11 is 13.2. The Morgan fingerprint density at radius 3 is 2.67 bits per heavy atom. The van der Waals surface area contributed by atoms with E-state index in [9.17, 15) is 4.79 Å². The summed E-state index contributed by atoms with van der Waals surface area (Å²) in [6.45, 7) is 4.93. The van der Waals surface area contributed by atoms with Crippen LogP contribution in [0.3, 0.4) is 0 Å². The summed E-state index contributed by atoms with van der Waals surface area (Å²) in [5, 5.41) is 8.29. The van der Waals surface area contributed by atoms with Gasteiger partial charge in [0, 0.05) is 49.4 Å². The Bertz CT molecular complexity index is 1180. The molecule has 2 heterocycles. The molecule has 0 saturated carbocycles. The van der Waals surface area contributed by atoms with Gasteiger partial charge in [0.15, 0.2) is 0 Å². The number of aromatic nitrogens is 2. The van der Waals surface area contributed by atoms with Gasteiger partial charge in [-0.1, -0.05) is 35.8 Å². The lowest BCUT2D eigenvalue weighted by Crippen LogP contribution is -2.41. The molecule has 2 N–H and O–H groups in total. The largest absolute Gasteiger partial charge is 0.495 e. The SMILES string of the molecule is C=CC(=O)N1CCC(Nc2ncc3cc(-c4c(Cl)c(NC)cc(OC)c4Cl)ccc3n2)CC1. The normalized spacial score (nSPS) is 14.2. The third-order valence-corrected chi connectivity index (χ3v) is 6.61. The molecule has 172 valence electrons. The number of hydrogen-bond acceptors (Lipinski definition) is 6.